The van der Waals surface area contributed by atoms with Gasteiger partial charge in [0.25, 0.3) is 0 Å². The molecule has 1 aromatic rings. The molecule has 1 heterocycles. The zero-order valence-corrected chi connectivity index (χ0v) is 8.96. The molecule has 1 saturated carbocycles. The molecule has 14 heavy (non-hydrogen) atoms. The highest BCUT2D eigenvalue weighted by Gasteiger charge is 2.23. The fourth-order valence-corrected chi connectivity index (χ4v) is 1.96. The van der Waals surface area contributed by atoms with Crippen molar-refractivity contribution in [3.05, 3.63) is 24.0 Å². The second-order valence-electron chi connectivity index (χ2n) is 4.31. The minimum atomic E-state index is 0.602. The Morgan fingerprint density at radius 1 is 1.50 bits per heavy atom. The highest BCUT2D eigenvalue weighted by atomic mass is 14.9. The Kier molecular flexibility index (Phi) is 2.71. The second-order valence-corrected chi connectivity index (χ2v) is 4.31. The summed E-state index contributed by atoms with van der Waals surface area (Å²) < 4.78 is 0. The maximum absolute atomic E-state index is 4.19. The van der Waals surface area contributed by atoms with Gasteiger partial charge < -0.3 is 5.32 Å². The molecule has 0 saturated heterocycles. The van der Waals surface area contributed by atoms with E-state index in [1.54, 1.807) is 0 Å². The summed E-state index contributed by atoms with van der Waals surface area (Å²) in [5, 5.41) is 3.54. The lowest BCUT2D eigenvalue weighted by Crippen LogP contribution is -2.30. The molecular weight excluding hydrogens is 172 g/mol. The minimum Gasteiger partial charge on any atom is -0.382 e. The van der Waals surface area contributed by atoms with E-state index in [1.165, 1.54) is 24.9 Å². The molecule has 2 nitrogen and oxygen atoms in total. The molecular formula is C12H18N2. The molecule has 0 bridgehead atoms. The van der Waals surface area contributed by atoms with Gasteiger partial charge in [0.1, 0.15) is 0 Å². The molecule has 76 valence electrons. The minimum absolute atomic E-state index is 0.602. The lowest BCUT2D eigenvalue weighted by atomic mass is 9.80. The van der Waals surface area contributed by atoms with E-state index in [9.17, 15) is 0 Å². The Labute approximate surface area is 85.7 Å². The number of aromatic nitrogens is 1. The van der Waals surface area contributed by atoms with Crippen LogP contribution in [0, 0.1) is 12.8 Å². The van der Waals surface area contributed by atoms with Gasteiger partial charge in [0.05, 0.1) is 0 Å². The van der Waals surface area contributed by atoms with E-state index in [0.29, 0.717) is 6.04 Å². The Hall–Kier alpha value is -1.05. The van der Waals surface area contributed by atoms with Crippen LogP contribution in [0.15, 0.2) is 18.3 Å². The number of hydrogen-bond donors (Lipinski definition) is 1. The molecule has 0 spiro atoms. The topological polar surface area (TPSA) is 24.9 Å². The molecule has 1 fully saturated rings. The monoisotopic (exact) mass is 190 g/mol. The van der Waals surface area contributed by atoms with Gasteiger partial charge in [0.15, 0.2) is 0 Å². The van der Waals surface area contributed by atoms with E-state index in [4.69, 9.17) is 0 Å². The number of pyridine rings is 1. The standard InChI is InChI=1S/C12H18N2/c1-9-8-12(6-7-13-9)14-10(2)11-4-3-5-11/h6-8,10-11H,3-5H2,1-2H3,(H,13,14). The predicted molar refractivity (Wildman–Crippen MR) is 59.4 cm³/mol. The summed E-state index contributed by atoms with van der Waals surface area (Å²) >= 11 is 0. The van der Waals surface area contributed by atoms with Crippen molar-refractivity contribution in [3.63, 3.8) is 0 Å². The molecule has 2 rings (SSSR count). The van der Waals surface area contributed by atoms with Crippen molar-refractivity contribution < 1.29 is 0 Å². The Morgan fingerprint density at radius 2 is 2.29 bits per heavy atom. The third kappa shape index (κ3) is 2.06. The van der Waals surface area contributed by atoms with Crippen LogP contribution in [0.3, 0.4) is 0 Å². The second kappa shape index (κ2) is 3.99. The van der Waals surface area contributed by atoms with Gasteiger partial charge in [-0.25, -0.2) is 0 Å². The average Bonchev–Trinajstić information content (AvgIpc) is 1.99. The van der Waals surface area contributed by atoms with E-state index in [1.807, 2.05) is 19.2 Å². The number of nitrogens with zero attached hydrogens (tertiary/aromatic N) is 1. The van der Waals surface area contributed by atoms with Crippen molar-refractivity contribution >= 4 is 5.69 Å². The van der Waals surface area contributed by atoms with Gasteiger partial charge in [-0.1, -0.05) is 6.42 Å². The van der Waals surface area contributed by atoms with Crippen LogP contribution >= 0.6 is 0 Å². The predicted octanol–water partition coefficient (Wildman–Crippen LogP) is 2.99. The third-order valence-corrected chi connectivity index (χ3v) is 3.15. The molecule has 1 aromatic heterocycles. The van der Waals surface area contributed by atoms with Crippen molar-refractivity contribution in [2.45, 2.75) is 39.2 Å². The lowest BCUT2D eigenvalue weighted by molar-refractivity contribution is 0.285. The molecule has 1 N–H and O–H groups in total. The van der Waals surface area contributed by atoms with Gasteiger partial charge >= 0.3 is 0 Å². The smallest absolute Gasteiger partial charge is 0.0393 e. The zero-order chi connectivity index (χ0) is 9.97. The van der Waals surface area contributed by atoms with Crippen molar-refractivity contribution in [1.82, 2.24) is 4.98 Å². The normalized spacial score (nSPS) is 18.7. The number of rotatable bonds is 3. The van der Waals surface area contributed by atoms with Crippen LogP contribution in [-0.2, 0) is 0 Å². The number of hydrogen-bond acceptors (Lipinski definition) is 2. The van der Waals surface area contributed by atoms with Crippen molar-refractivity contribution in [1.29, 1.82) is 0 Å². The van der Waals surface area contributed by atoms with Crippen LogP contribution in [0.25, 0.3) is 0 Å². The van der Waals surface area contributed by atoms with Crippen LogP contribution in [-0.4, -0.2) is 11.0 Å². The highest BCUT2D eigenvalue weighted by molar-refractivity contribution is 5.43. The SMILES string of the molecule is Cc1cc(NC(C)C2CCC2)ccn1. The van der Waals surface area contributed by atoms with Crippen molar-refractivity contribution in [2.24, 2.45) is 5.92 Å². The van der Waals surface area contributed by atoms with Crippen LogP contribution in [0.1, 0.15) is 31.9 Å². The number of nitrogens with one attached hydrogen (secondary N) is 1. The first-order valence-corrected chi connectivity index (χ1v) is 5.45. The van der Waals surface area contributed by atoms with E-state index in [-0.39, 0.29) is 0 Å². The zero-order valence-electron chi connectivity index (χ0n) is 8.96. The van der Waals surface area contributed by atoms with Gasteiger partial charge in [0.2, 0.25) is 0 Å². The van der Waals surface area contributed by atoms with Gasteiger partial charge in [-0.05, 0) is 44.7 Å². The van der Waals surface area contributed by atoms with Crippen molar-refractivity contribution in [2.75, 3.05) is 5.32 Å². The summed E-state index contributed by atoms with van der Waals surface area (Å²) in [5.41, 5.74) is 2.28. The molecule has 0 aliphatic heterocycles. The van der Waals surface area contributed by atoms with E-state index < -0.39 is 0 Å². The largest absolute Gasteiger partial charge is 0.382 e. The molecule has 1 unspecified atom stereocenters. The Bertz CT molecular complexity index is 305. The molecule has 1 aliphatic carbocycles. The number of anilines is 1. The van der Waals surface area contributed by atoms with Crippen LogP contribution in [0.5, 0.6) is 0 Å². The first-order valence-electron chi connectivity index (χ1n) is 5.45. The summed E-state index contributed by atoms with van der Waals surface area (Å²) in [4.78, 5) is 4.19. The van der Waals surface area contributed by atoms with Gasteiger partial charge in [-0.3, -0.25) is 4.98 Å². The van der Waals surface area contributed by atoms with Gasteiger partial charge in [-0.15, -0.1) is 0 Å². The summed E-state index contributed by atoms with van der Waals surface area (Å²) in [6.07, 6.45) is 6.05. The maximum Gasteiger partial charge on any atom is 0.0393 e. The fraction of sp³-hybridized carbons (Fsp3) is 0.583. The third-order valence-electron chi connectivity index (χ3n) is 3.15. The first kappa shape index (κ1) is 9.50. The molecule has 0 radical (unpaired) electrons. The molecule has 0 amide bonds. The fourth-order valence-electron chi connectivity index (χ4n) is 1.96. The molecule has 2 heteroatoms. The summed E-state index contributed by atoms with van der Waals surface area (Å²) in [6, 6.07) is 4.75. The summed E-state index contributed by atoms with van der Waals surface area (Å²) in [6.45, 7) is 4.30. The van der Waals surface area contributed by atoms with E-state index in [0.717, 1.165) is 11.6 Å². The molecule has 1 aliphatic rings. The number of aryl methyl sites for hydroxylation is 1. The Balaban J connectivity index is 1.95. The average molecular weight is 190 g/mol. The van der Waals surface area contributed by atoms with Crippen LogP contribution in [0.2, 0.25) is 0 Å². The lowest BCUT2D eigenvalue weighted by Gasteiger charge is -2.32. The van der Waals surface area contributed by atoms with Crippen LogP contribution < -0.4 is 5.32 Å². The quantitative estimate of drug-likeness (QED) is 0.792. The highest BCUT2D eigenvalue weighted by Crippen LogP contribution is 2.30. The van der Waals surface area contributed by atoms with Gasteiger partial charge in [-0.2, -0.15) is 0 Å². The maximum atomic E-state index is 4.19. The first-order chi connectivity index (χ1) is 6.75. The van der Waals surface area contributed by atoms with Crippen LogP contribution in [0.4, 0.5) is 5.69 Å². The van der Waals surface area contributed by atoms with E-state index in [2.05, 4.69) is 23.3 Å². The molecule has 0 aromatic carbocycles. The van der Waals surface area contributed by atoms with Gasteiger partial charge in [0, 0.05) is 23.6 Å². The summed E-state index contributed by atoms with van der Waals surface area (Å²) in [7, 11) is 0. The summed E-state index contributed by atoms with van der Waals surface area (Å²) in [5.74, 6) is 0.878. The van der Waals surface area contributed by atoms with Crippen molar-refractivity contribution in [3.8, 4) is 0 Å². The van der Waals surface area contributed by atoms with E-state index >= 15 is 0 Å². The Morgan fingerprint density at radius 3 is 2.86 bits per heavy atom. The molecule has 1 atom stereocenters.